The van der Waals surface area contributed by atoms with E-state index in [-0.39, 0.29) is 24.1 Å². The first-order valence-electron chi connectivity index (χ1n) is 9.46. The molecular formula is C22H30O4S. The van der Waals surface area contributed by atoms with Crippen LogP contribution in [0.5, 0.6) is 0 Å². The van der Waals surface area contributed by atoms with Gasteiger partial charge in [0.2, 0.25) is 0 Å². The predicted octanol–water partition coefficient (Wildman–Crippen LogP) is 4.70. The van der Waals surface area contributed by atoms with Crippen LogP contribution < -0.4 is 0 Å². The summed E-state index contributed by atoms with van der Waals surface area (Å²) in [5.41, 5.74) is 1.19. The number of sulfone groups is 1. The van der Waals surface area contributed by atoms with Crippen molar-refractivity contribution in [2.45, 2.75) is 50.4 Å². The third kappa shape index (κ3) is 7.09. The van der Waals surface area contributed by atoms with E-state index in [1.54, 1.807) is 31.4 Å². The highest BCUT2D eigenvalue weighted by atomic mass is 32.2. The molecule has 0 bridgehead atoms. The summed E-state index contributed by atoms with van der Waals surface area (Å²) in [4.78, 5) is 0.395. The number of hydrogen-bond donors (Lipinski definition) is 0. The molecule has 1 aromatic carbocycles. The molecule has 1 heterocycles. The van der Waals surface area contributed by atoms with Crippen molar-refractivity contribution in [1.82, 2.24) is 0 Å². The molecule has 0 fully saturated rings. The van der Waals surface area contributed by atoms with Gasteiger partial charge in [-0.2, -0.15) is 0 Å². The zero-order valence-corrected chi connectivity index (χ0v) is 17.2. The normalized spacial score (nSPS) is 22.3. The van der Waals surface area contributed by atoms with Crippen molar-refractivity contribution in [3.05, 3.63) is 66.3 Å². The lowest BCUT2D eigenvalue weighted by Crippen LogP contribution is -2.23. The smallest absolute Gasteiger partial charge is 0.178 e. The topological polar surface area (TPSA) is 52.6 Å². The van der Waals surface area contributed by atoms with E-state index in [0.29, 0.717) is 11.3 Å². The van der Waals surface area contributed by atoms with Crippen LogP contribution in [-0.4, -0.2) is 33.7 Å². The Morgan fingerprint density at radius 3 is 2.74 bits per heavy atom. The van der Waals surface area contributed by atoms with Gasteiger partial charge in [0.15, 0.2) is 16.1 Å². The molecule has 1 aromatic rings. The van der Waals surface area contributed by atoms with Crippen LogP contribution in [0.4, 0.5) is 0 Å². The van der Waals surface area contributed by atoms with Gasteiger partial charge in [-0.05, 0) is 43.4 Å². The maximum Gasteiger partial charge on any atom is 0.178 e. The Bertz CT molecular complexity index is 763. The van der Waals surface area contributed by atoms with Crippen LogP contribution in [0.1, 0.15) is 33.1 Å². The quantitative estimate of drug-likeness (QED) is 0.453. The van der Waals surface area contributed by atoms with E-state index in [4.69, 9.17) is 9.47 Å². The highest BCUT2D eigenvalue weighted by molar-refractivity contribution is 7.91. The second-order valence-corrected chi connectivity index (χ2v) is 8.90. The van der Waals surface area contributed by atoms with Gasteiger partial charge in [-0.3, -0.25) is 0 Å². The van der Waals surface area contributed by atoms with E-state index < -0.39 is 9.84 Å². The molecule has 0 spiro atoms. The fourth-order valence-electron chi connectivity index (χ4n) is 2.91. The van der Waals surface area contributed by atoms with E-state index >= 15 is 0 Å². The lowest BCUT2D eigenvalue weighted by molar-refractivity contribution is -0.117. The number of hydrogen-bond acceptors (Lipinski definition) is 4. The number of ether oxygens (including phenoxy) is 2. The molecule has 0 saturated carbocycles. The zero-order valence-electron chi connectivity index (χ0n) is 16.4. The average molecular weight is 391 g/mol. The van der Waals surface area contributed by atoms with Gasteiger partial charge in [0, 0.05) is 7.11 Å². The Hall–Kier alpha value is -1.69. The van der Waals surface area contributed by atoms with E-state index in [2.05, 4.69) is 38.2 Å². The highest BCUT2D eigenvalue weighted by Crippen LogP contribution is 2.19. The van der Waals surface area contributed by atoms with Crippen molar-refractivity contribution in [1.29, 1.82) is 0 Å². The van der Waals surface area contributed by atoms with Crippen molar-refractivity contribution in [2.75, 3.05) is 12.9 Å². The summed E-state index contributed by atoms with van der Waals surface area (Å²) in [6, 6.07) is 8.65. The summed E-state index contributed by atoms with van der Waals surface area (Å²) in [6.07, 6.45) is 12.3. The molecule has 0 amide bonds. The van der Waals surface area contributed by atoms with Crippen LogP contribution in [0.15, 0.2) is 71.2 Å². The fraction of sp³-hybridized carbons (Fsp3) is 0.455. The second-order valence-electron chi connectivity index (χ2n) is 6.79. The van der Waals surface area contributed by atoms with Crippen LogP contribution in [0.3, 0.4) is 0 Å². The second kappa shape index (κ2) is 10.6. The molecule has 3 atom stereocenters. The number of allylic oxidation sites excluding steroid dienone is 3. The van der Waals surface area contributed by atoms with Gasteiger partial charge in [0.1, 0.15) is 0 Å². The lowest BCUT2D eigenvalue weighted by Gasteiger charge is -2.22. The number of rotatable bonds is 9. The van der Waals surface area contributed by atoms with Gasteiger partial charge in [-0.1, -0.05) is 61.9 Å². The van der Waals surface area contributed by atoms with Gasteiger partial charge >= 0.3 is 0 Å². The van der Waals surface area contributed by atoms with Crippen molar-refractivity contribution >= 4 is 9.84 Å². The first kappa shape index (κ1) is 21.6. The van der Waals surface area contributed by atoms with Crippen molar-refractivity contribution in [3.63, 3.8) is 0 Å². The van der Waals surface area contributed by atoms with Crippen molar-refractivity contribution in [3.8, 4) is 0 Å². The minimum absolute atomic E-state index is 0.00339. The molecule has 0 aromatic heterocycles. The van der Waals surface area contributed by atoms with Crippen LogP contribution in [0.25, 0.3) is 0 Å². The third-order valence-electron chi connectivity index (χ3n) is 4.58. The molecule has 2 rings (SSSR count). The molecule has 0 unspecified atom stereocenters. The molecule has 1 aliphatic rings. The van der Waals surface area contributed by atoms with Gasteiger partial charge in [-0.15, -0.1) is 0 Å². The van der Waals surface area contributed by atoms with Gasteiger partial charge in [-0.25, -0.2) is 8.42 Å². The molecule has 148 valence electrons. The van der Waals surface area contributed by atoms with E-state index in [1.165, 1.54) is 5.57 Å². The van der Waals surface area contributed by atoms with Crippen LogP contribution in [-0.2, 0) is 19.3 Å². The number of benzene rings is 1. The van der Waals surface area contributed by atoms with Crippen molar-refractivity contribution in [2.24, 2.45) is 5.92 Å². The molecule has 0 saturated heterocycles. The van der Waals surface area contributed by atoms with E-state index in [1.807, 2.05) is 12.1 Å². The molecule has 0 aliphatic carbocycles. The van der Waals surface area contributed by atoms with Gasteiger partial charge in [0.25, 0.3) is 0 Å². The maximum atomic E-state index is 12.4. The van der Waals surface area contributed by atoms with Crippen LogP contribution in [0, 0.1) is 5.92 Å². The van der Waals surface area contributed by atoms with Gasteiger partial charge < -0.3 is 9.47 Å². The minimum atomic E-state index is -3.23. The Morgan fingerprint density at radius 2 is 2.07 bits per heavy atom. The molecule has 5 heteroatoms. The molecule has 27 heavy (non-hydrogen) atoms. The van der Waals surface area contributed by atoms with Crippen LogP contribution in [0.2, 0.25) is 0 Å². The van der Waals surface area contributed by atoms with E-state index in [0.717, 1.165) is 12.8 Å². The average Bonchev–Trinajstić information content (AvgIpc) is 2.70. The number of methoxy groups -OCH3 is 1. The van der Waals surface area contributed by atoms with Crippen molar-refractivity contribution < 1.29 is 17.9 Å². The summed E-state index contributed by atoms with van der Waals surface area (Å²) in [5.74, 6) is 0.337. The molecule has 0 N–H and O–H groups in total. The first-order chi connectivity index (χ1) is 12.9. The molecule has 4 nitrogen and oxygen atoms in total. The zero-order chi connectivity index (χ0) is 19.7. The SMILES string of the molecule is CCC(=C/[C@H](C)CCS(=O)(=O)c1ccccc1)/C=C/[C@H]1CC=C[C@H](OC)O1. The Kier molecular flexibility index (Phi) is 8.48. The van der Waals surface area contributed by atoms with Crippen LogP contribution >= 0.6 is 0 Å². The standard InChI is InChI=1S/C22H30O4S/c1-4-19(13-14-20-9-8-12-22(25-3)26-20)17-18(2)15-16-27(23,24)21-10-6-5-7-11-21/h5-8,10-14,17-18,20,22H,4,9,15-16H2,1-3H3/b14-13+,19-17-/t18-,20-,22-/m1/s1. The fourth-order valence-corrected chi connectivity index (χ4v) is 4.40. The summed E-state index contributed by atoms with van der Waals surface area (Å²) >= 11 is 0. The minimum Gasteiger partial charge on any atom is -0.352 e. The summed E-state index contributed by atoms with van der Waals surface area (Å²) < 4.78 is 35.8. The Balaban J connectivity index is 1.92. The largest absolute Gasteiger partial charge is 0.352 e. The van der Waals surface area contributed by atoms with Gasteiger partial charge in [0.05, 0.1) is 16.8 Å². The summed E-state index contributed by atoms with van der Waals surface area (Å²) in [7, 11) is -1.60. The maximum absolute atomic E-state index is 12.4. The predicted molar refractivity (Wildman–Crippen MR) is 109 cm³/mol. The first-order valence-corrected chi connectivity index (χ1v) is 11.1. The monoisotopic (exact) mass is 390 g/mol. The summed E-state index contributed by atoms with van der Waals surface area (Å²) in [6.45, 7) is 4.16. The van der Waals surface area contributed by atoms with E-state index in [9.17, 15) is 8.42 Å². The molecule has 1 aliphatic heterocycles. The molecule has 0 radical (unpaired) electrons. The summed E-state index contributed by atoms with van der Waals surface area (Å²) in [5, 5.41) is 0. The third-order valence-corrected chi connectivity index (χ3v) is 6.34. The molecular weight excluding hydrogens is 360 g/mol. The highest BCUT2D eigenvalue weighted by Gasteiger charge is 2.16. The lowest BCUT2D eigenvalue weighted by atomic mass is 10.0. The Labute approximate surface area is 163 Å². The Morgan fingerprint density at radius 1 is 1.33 bits per heavy atom.